The molecule has 2 aromatic carbocycles. The molecule has 1 N–H and O–H groups in total. The highest BCUT2D eigenvalue weighted by Crippen LogP contribution is 2.22. The molecule has 7 heteroatoms. The van der Waals surface area contributed by atoms with Crippen LogP contribution in [0.15, 0.2) is 53.9 Å². The second kappa shape index (κ2) is 9.53. The monoisotopic (exact) mass is 402 g/mol. The van der Waals surface area contributed by atoms with E-state index in [1.165, 1.54) is 23.5 Å². The van der Waals surface area contributed by atoms with Gasteiger partial charge in [0.05, 0.1) is 5.69 Å². The zero-order valence-corrected chi connectivity index (χ0v) is 16.4. The number of thioether (sulfide) groups is 1. The molecule has 4 nitrogen and oxygen atoms in total. The zero-order valence-electron chi connectivity index (χ0n) is 14.8. The Hall–Kier alpha value is -2.38. The maximum atomic E-state index is 12.9. The number of thiazole rings is 1. The van der Waals surface area contributed by atoms with Gasteiger partial charge < -0.3 is 4.74 Å². The summed E-state index contributed by atoms with van der Waals surface area (Å²) in [6, 6.07) is 14.0. The van der Waals surface area contributed by atoms with Crippen LogP contribution in [0, 0.1) is 12.7 Å². The summed E-state index contributed by atoms with van der Waals surface area (Å²) in [5, 5.41) is 5.24. The Morgan fingerprint density at radius 1 is 1.15 bits per heavy atom. The summed E-state index contributed by atoms with van der Waals surface area (Å²) < 4.78 is 18.3. The second-order valence-electron chi connectivity index (χ2n) is 5.91. The largest absolute Gasteiger partial charge is 0.484 e. The molecule has 140 valence electrons. The summed E-state index contributed by atoms with van der Waals surface area (Å²) in [7, 11) is 0. The van der Waals surface area contributed by atoms with E-state index in [-0.39, 0.29) is 18.3 Å². The average molecular weight is 403 g/mol. The van der Waals surface area contributed by atoms with Crippen LogP contribution in [0.1, 0.15) is 16.8 Å². The average Bonchev–Trinajstić information content (AvgIpc) is 3.10. The maximum absolute atomic E-state index is 12.9. The summed E-state index contributed by atoms with van der Waals surface area (Å²) in [4.78, 5) is 16.4. The van der Waals surface area contributed by atoms with Gasteiger partial charge in [-0.1, -0.05) is 29.8 Å². The number of halogens is 1. The first-order chi connectivity index (χ1) is 13.1. The molecular formula is C20H19FN2O2S2. The third-order valence-electron chi connectivity index (χ3n) is 3.62. The van der Waals surface area contributed by atoms with E-state index in [1.807, 2.05) is 36.6 Å². The molecule has 3 rings (SSSR count). The molecule has 0 bridgehead atoms. The molecule has 0 aliphatic rings. The number of aromatic nitrogens is 1. The van der Waals surface area contributed by atoms with E-state index < -0.39 is 0 Å². The second-order valence-corrected chi connectivity index (χ2v) is 7.76. The van der Waals surface area contributed by atoms with Gasteiger partial charge in [-0.05, 0) is 36.8 Å². The Morgan fingerprint density at radius 3 is 2.63 bits per heavy atom. The topological polar surface area (TPSA) is 51.2 Å². The molecule has 3 aromatic rings. The van der Waals surface area contributed by atoms with E-state index in [0.717, 1.165) is 28.3 Å². The number of anilines is 1. The standard InChI is InChI=1S/C20H19FN2O2S2/c1-14-2-8-18(9-3-14)25-10-19(24)23-20-22-17(13-27-20)12-26-11-15-4-6-16(21)7-5-15/h2-9,13H,10-12H2,1H3,(H,22,23,24). The summed E-state index contributed by atoms with van der Waals surface area (Å²) in [6.07, 6.45) is 0. The number of nitrogens with one attached hydrogen (secondary N) is 1. The number of carbonyl (C=O) groups excluding carboxylic acids is 1. The van der Waals surface area contributed by atoms with Gasteiger partial charge in [-0.3, -0.25) is 10.1 Å². The lowest BCUT2D eigenvalue weighted by Crippen LogP contribution is -2.20. The minimum atomic E-state index is -0.240. The Kier molecular flexibility index (Phi) is 6.84. The molecule has 1 heterocycles. The van der Waals surface area contributed by atoms with E-state index in [1.54, 1.807) is 23.9 Å². The van der Waals surface area contributed by atoms with Gasteiger partial charge in [0, 0.05) is 16.9 Å². The van der Waals surface area contributed by atoms with Crippen molar-refractivity contribution < 1.29 is 13.9 Å². The minimum absolute atomic E-state index is 0.0582. The van der Waals surface area contributed by atoms with E-state index in [0.29, 0.717) is 10.9 Å². The number of ether oxygens (including phenoxy) is 1. The normalized spacial score (nSPS) is 10.6. The van der Waals surface area contributed by atoms with Crippen molar-refractivity contribution in [2.24, 2.45) is 0 Å². The lowest BCUT2D eigenvalue weighted by molar-refractivity contribution is -0.118. The predicted molar refractivity (Wildman–Crippen MR) is 109 cm³/mol. The summed E-state index contributed by atoms with van der Waals surface area (Å²) in [6.45, 7) is 1.94. The molecule has 0 saturated carbocycles. The fourth-order valence-corrected chi connectivity index (χ4v) is 3.94. The van der Waals surface area contributed by atoms with E-state index in [2.05, 4.69) is 10.3 Å². The summed E-state index contributed by atoms with van der Waals surface area (Å²) >= 11 is 3.08. The lowest BCUT2D eigenvalue weighted by Gasteiger charge is -2.06. The van der Waals surface area contributed by atoms with Gasteiger partial charge in [-0.25, -0.2) is 9.37 Å². The first kappa shape index (κ1) is 19.4. The van der Waals surface area contributed by atoms with Crippen LogP contribution in [-0.4, -0.2) is 17.5 Å². The quantitative estimate of drug-likeness (QED) is 0.573. The molecule has 0 aliphatic carbocycles. The van der Waals surface area contributed by atoms with Crippen molar-refractivity contribution in [1.82, 2.24) is 4.98 Å². The number of aryl methyl sites for hydroxylation is 1. The molecule has 1 aromatic heterocycles. The van der Waals surface area contributed by atoms with Crippen molar-refractivity contribution in [3.8, 4) is 5.75 Å². The molecule has 0 radical (unpaired) electrons. The molecule has 0 fully saturated rings. The van der Waals surface area contributed by atoms with Gasteiger partial charge >= 0.3 is 0 Å². The van der Waals surface area contributed by atoms with E-state index in [4.69, 9.17) is 4.74 Å². The smallest absolute Gasteiger partial charge is 0.264 e. The Bertz CT molecular complexity index is 880. The highest BCUT2D eigenvalue weighted by Gasteiger charge is 2.08. The minimum Gasteiger partial charge on any atom is -0.484 e. The third-order valence-corrected chi connectivity index (χ3v) is 5.46. The third kappa shape index (κ3) is 6.37. The number of amides is 1. The van der Waals surface area contributed by atoms with Crippen molar-refractivity contribution in [3.63, 3.8) is 0 Å². The van der Waals surface area contributed by atoms with Gasteiger partial charge in [0.1, 0.15) is 11.6 Å². The first-order valence-corrected chi connectivity index (χ1v) is 10.4. The van der Waals surface area contributed by atoms with Crippen LogP contribution in [0.25, 0.3) is 0 Å². The lowest BCUT2D eigenvalue weighted by atomic mass is 10.2. The number of rotatable bonds is 8. The van der Waals surface area contributed by atoms with Crippen molar-refractivity contribution in [1.29, 1.82) is 0 Å². The van der Waals surface area contributed by atoms with Crippen LogP contribution in [-0.2, 0) is 16.3 Å². The van der Waals surface area contributed by atoms with Crippen molar-refractivity contribution in [2.45, 2.75) is 18.4 Å². The molecule has 1 amide bonds. The van der Waals surface area contributed by atoms with Crippen molar-refractivity contribution in [3.05, 3.63) is 76.5 Å². The molecule has 0 unspecified atom stereocenters. The predicted octanol–water partition coefficient (Wildman–Crippen LogP) is 5.04. The fourth-order valence-electron chi connectivity index (χ4n) is 2.22. The number of nitrogens with zero attached hydrogens (tertiary/aromatic N) is 1. The van der Waals surface area contributed by atoms with Gasteiger partial charge in [0.25, 0.3) is 5.91 Å². The number of hydrogen-bond acceptors (Lipinski definition) is 5. The highest BCUT2D eigenvalue weighted by atomic mass is 32.2. The molecule has 0 spiro atoms. The van der Waals surface area contributed by atoms with Crippen LogP contribution >= 0.6 is 23.1 Å². The molecule has 0 aliphatic heterocycles. The van der Waals surface area contributed by atoms with Crippen LogP contribution in [0.4, 0.5) is 9.52 Å². The van der Waals surface area contributed by atoms with Crippen LogP contribution in [0.3, 0.4) is 0 Å². The highest BCUT2D eigenvalue weighted by molar-refractivity contribution is 7.97. The van der Waals surface area contributed by atoms with Gasteiger partial charge in [-0.2, -0.15) is 11.8 Å². The fraction of sp³-hybridized carbons (Fsp3) is 0.200. The summed E-state index contributed by atoms with van der Waals surface area (Å²) in [5.41, 5.74) is 3.11. The van der Waals surface area contributed by atoms with Gasteiger partial charge in [0.15, 0.2) is 11.7 Å². The maximum Gasteiger partial charge on any atom is 0.264 e. The van der Waals surface area contributed by atoms with E-state index in [9.17, 15) is 9.18 Å². The zero-order chi connectivity index (χ0) is 19.1. The van der Waals surface area contributed by atoms with E-state index >= 15 is 0 Å². The van der Waals surface area contributed by atoms with Gasteiger partial charge in [-0.15, -0.1) is 11.3 Å². The number of benzene rings is 2. The Morgan fingerprint density at radius 2 is 1.89 bits per heavy atom. The molecule has 27 heavy (non-hydrogen) atoms. The summed E-state index contributed by atoms with van der Waals surface area (Å²) in [5.74, 6) is 1.70. The van der Waals surface area contributed by atoms with Crippen molar-refractivity contribution in [2.75, 3.05) is 11.9 Å². The van der Waals surface area contributed by atoms with Crippen LogP contribution < -0.4 is 10.1 Å². The Balaban J connectivity index is 1.41. The first-order valence-electron chi connectivity index (χ1n) is 8.34. The molecular weight excluding hydrogens is 383 g/mol. The van der Waals surface area contributed by atoms with Crippen LogP contribution in [0.2, 0.25) is 0 Å². The molecule has 0 atom stereocenters. The van der Waals surface area contributed by atoms with Gasteiger partial charge in [0.2, 0.25) is 0 Å². The van der Waals surface area contributed by atoms with Crippen LogP contribution in [0.5, 0.6) is 5.75 Å². The SMILES string of the molecule is Cc1ccc(OCC(=O)Nc2nc(CSCc3ccc(F)cc3)cs2)cc1. The number of hydrogen-bond donors (Lipinski definition) is 1. The number of carbonyl (C=O) groups is 1. The Labute approximate surface area is 165 Å². The van der Waals surface area contributed by atoms with Crippen molar-refractivity contribution >= 4 is 34.1 Å². The molecule has 0 saturated heterocycles.